The van der Waals surface area contributed by atoms with Crippen LogP contribution in [0.5, 0.6) is 0 Å². The van der Waals surface area contributed by atoms with Crippen LogP contribution in [0.4, 0.5) is 5.69 Å². The summed E-state index contributed by atoms with van der Waals surface area (Å²) < 4.78 is 1.88. The number of nitrogens with one attached hydrogen (secondary N) is 1. The zero-order valence-electron chi connectivity index (χ0n) is 10.0. The van der Waals surface area contributed by atoms with Crippen molar-refractivity contribution in [2.45, 2.75) is 12.8 Å². The average Bonchev–Trinajstić information content (AvgIpc) is 2.90. The third-order valence-electron chi connectivity index (χ3n) is 2.54. The summed E-state index contributed by atoms with van der Waals surface area (Å²) in [5.41, 5.74) is 7.11. The Morgan fingerprint density at radius 3 is 3.06 bits per heavy atom. The molecule has 1 heterocycles. The molecule has 0 aliphatic heterocycles. The molecule has 0 unspecified atom stereocenters. The third kappa shape index (κ3) is 3.18. The first-order valence-electron chi connectivity index (χ1n) is 5.88. The number of carbonyl (C=O) groups is 1. The lowest BCUT2D eigenvalue weighted by Crippen LogP contribution is -2.13. The summed E-state index contributed by atoms with van der Waals surface area (Å²) in [5, 5.41) is 2.85. The molecule has 1 aromatic carbocycles. The topological polar surface area (TPSA) is 72.9 Å². The summed E-state index contributed by atoms with van der Waals surface area (Å²) in [7, 11) is 0. The van der Waals surface area contributed by atoms with Gasteiger partial charge in [-0.3, -0.25) is 4.79 Å². The molecule has 0 atom stereocenters. The lowest BCUT2D eigenvalue weighted by Gasteiger charge is -2.07. The maximum absolute atomic E-state index is 11.6. The molecule has 0 spiro atoms. The lowest BCUT2D eigenvalue weighted by molar-refractivity contribution is -0.116. The Hall–Kier alpha value is -2.14. The van der Waals surface area contributed by atoms with Crippen LogP contribution in [0.1, 0.15) is 12.8 Å². The first-order valence-corrected chi connectivity index (χ1v) is 5.88. The first-order chi connectivity index (χ1) is 8.79. The molecule has 5 nitrogen and oxygen atoms in total. The molecule has 0 aliphatic rings. The fourth-order valence-corrected chi connectivity index (χ4v) is 1.64. The van der Waals surface area contributed by atoms with E-state index in [0.717, 1.165) is 11.4 Å². The van der Waals surface area contributed by atoms with Crippen molar-refractivity contribution in [3.8, 4) is 5.69 Å². The predicted octanol–water partition coefficient (Wildman–Crippen LogP) is 1.55. The quantitative estimate of drug-likeness (QED) is 0.838. The van der Waals surface area contributed by atoms with Crippen molar-refractivity contribution in [2.75, 3.05) is 11.9 Å². The van der Waals surface area contributed by atoms with E-state index in [4.69, 9.17) is 5.73 Å². The second-order valence-electron chi connectivity index (χ2n) is 3.96. The van der Waals surface area contributed by atoms with E-state index in [1.54, 1.807) is 12.5 Å². The lowest BCUT2D eigenvalue weighted by atomic mass is 10.2. The molecule has 94 valence electrons. The minimum absolute atomic E-state index is 0.0109. The summed E-state index contributed by atoms with van der Waals surface area (Å²) in [6, 6.07) is 7.62. The van der Waals surface area contributed by atoms with Gasteiger partial charge < -0.3 is 15.6 Å². The van der Waals surface area contributed by atoms with Crippen molar-refractivity contribution >= 4 is 11.6 Å². The SMILES string of the molecule is NCCCC(=O)Nc1cccc(-n2ccnc2)c1. The highest BCUT2D eigenvalue weighted by Crippen LogP contribution is 2.14. The van der Waals surface area contributed by atoms with Gasteiger partial charge in [-0.2, -0.15) is 0 Å². The summed E-state index contributed by atoms with van der Waals surface area (Å²) in [6.45, 7) is 0.530. The molecular formula is C13H16N4O. The number of hydrogen-bond donors (Lipinski definition) is 2. The van der Waals surface area contributed by atoms with Crippen molar-refractivity contribution < 1.29 is 4.79 Å². The summed E-state index contributed by atoms with van der Waals surface area (Å²) in [4.78, 5) is 15.6. The smallest absolute Gasteiger partial charge is 0.224 e. The van der Waals surface area contributed by atoms with E-state index in [9.17, 15) is 4.79 Å². The van der Waals surface area contributed by atoms with Gasteiger partial charge in [0.2, 0.25) is 5.91 Å². The number of anilines is 1. The fourth-order valence-electron chi connectivity index (χ4n) is 1.64. The van der Waals surface area contributed by atoms with Crippen LogP contribution in [-0.2, 0) is 4.79 Å². The van der Waals surface area contributed by atoms with Gasteiger partial charge in [0.05, 0.1) is 6.33 Å². The molecule has 2 rings (SSSR count). The molecular weight excluding hydrogens is 228 g/mol. The number of nitrogens with two attached hydrogens (primary N) is 1. The second-order valence-corrected chi connectivity index (χ2v) is 3.96. The average molecular weight is 244 g/mol. The molecule has 0 saturated heterocycles. The van der Waals surface area contributed by atoms with Crippen LogP contribution in [0.2, 0.25) is 0 Å². The number of rotatable bonds is 5. The van der Waals surface area contributed by atoms with Crippen LogP contribution in [-0.4, -0.2) is 22.0 Å². The van der Waals surface area contributed by atoms with Crippen LogP contribution in [0.3, 0.4) is 0 Å². The first kappa shape index (κ1) is 12.3. The number of nitrogens with zero attached hydrogens (tertiary/aromatic N) is 2. The molecule has 0 aliphatic carbocycles. The fraction of sp³-hybridized carbons (Fsp3) is 0.231. The van der Waals surface area contributed by atoms with Crippen molar-refractivity contribution in [3.05, 3.63) is 43.0 Å². The Labute approximate surface area is 106 Å². The maximum Gasteiger partial charge on any atom is 0.224 e. The minimum atomic E-state index is -0.0109. The van der Waals surface area contributed by atoms with Gasteiger partial charge in [-0.15, -0.1) is 0 Å². The number of amides is 1. The number of aromatic nitrogens is 2. The Morgan fingerprint density at radius 2 is 2.33 bits per heavy atom. The largest absolute Gasteiger partial charge is 0.330 e. The number of benzene rings is 1. The highest BCUT2D eigenvalue weighted by Gasteiger charge is 2.02. The maximum atomic E-state index is 11.6. The minimum Gasteiger partial charge on any atom is -0.330 e. The third-order valence-corrected chi connectivity index (χ3v) is 2.54. The van der Waals surface area contributed by atoms with Crippen LogP contribution in [0.25, 0.3) is 5.69 Å². The van der Waals surface area contributed by atoms with Crippen molar-refractivity contribution in [1.29, 1.82) is 0 Å². The van der Waals surface area contributed by atoms with E-state index < -0.39 is 0 Å². The standard InChI is InChI=1S/C13H16N4O/c14-6-2-5-13(18)16-11-3-1-4-12(9-11)17-8-7-15-10-17/h1,3-4,7-10H,2,5-6,14H2,(H,16,18). The van der Waals surface area contributed by atoms with Gasteiger partial charge in [0.25, 0.3) is 0 Å². The molecule has 1 aromatic heterocycles. The summed E-state index contributed by atoms with van der Waals surface area (Å²) in [5.74, 6) is -0.0109. The second kappa shape index (κ2) is 5.97. The Kier molecular flexibility index (Phi) is 4.09. The van der Waals surface area contributed by atoms with Gasteiger partial charge in [0.15, 0.2) is 0 Å². The molecule has 3 N–H and O–H groups in total. The van der Waals surface area contributed by atoms with Gasteiger partial charge in [-0.1, -0.05) is 6.07 Å². The van der Waals surface area contributed by atoms with Crippen LogP contribution < -0.4 is 11.1 Å². The normalized spacial score (nSPS) is 10.3. The van der Waals surface area contributed by atoms with Gasteiger partial charge >= 0.3 is 0 Å². The predicted molar refractivity (Wildman–Crippen MR) is 70.5 cm³/mol. The van der Waals surface area contributed by atoms with Crippen molar-refractivity contribution in [3.63, 3.8) is 0 Å². The number of hydrogen-bond acceptors (Lipinski definition) is 3. The summed E-state index contributed by atoms with van der Waals surface area (Å²) in [6.07, 6.45) is 6.44. The molecule has 0 radical (unpaired) electrons. The van der Waals surface area contributed by atoms with E-state index in [-0.39, 0.29) is 5.91 Å². The number of carbonyl (C=O) groups excluding carboxylic acids is 1. The van der Waals surface area contributed by atoms with E-state index >= 15 is 0 Å². The molecule has 0 bridgehead atoms. The molecule has 0 fully saturated rings. The van der Waals surface area contributed by atoms with Crippen LogP contribution in [0, 0.1) is 0 Å². The highest BCUT2D eigenvalue weighted by molar-refractivity contribution is 5.90. The molecule has 5 heteroatoms. The van der Waals surface area contributed by atoms with Crippen LogP contribution >= 0.6 is 0 Å². The van der Waals surface area contributed by atoms with Gasteiger partial charge in [0.1, 0.15) is 0 Å². The zero-order chi connectivity index (χ0) is 12.8. The summed E-state index contributed by atoms with van der Waals surface area (Å²) >= 11 is 0. The van der Waals surface area contributed by atoms with Crippen LogP contribution in [0.15, 0.2) is 43.0 Å². The van der Waals surface area contributed by atoms with Crippen molar-refractivity contribution in [1.82, 2.24) is 9.55 Å². The highest BCUT2D eigenvalue weighted by atomic mass is 16.1. The van der Waals surface area contributed by atoms with E-state index in [1.165, 1.54) is 0 Å². The van der Waals surface area contributed by atoms with E-state index in [1.807, 2.05) is 35.0 Å². The Bertz CT molecular complexity index is 507. The van der Waals surface area contributed by atoms with Gasteiger partial charge in [0, 0.05) is 30.2 Å². The van der Waals surface area contributed by atoms with Crippen molar-refractivity contribution in [2.24, 2.45) is 5.73 Å². The molecule has 18 heavy (non-hydrogen) atoms. The molecule has 2 aromatic rings. The monoisotopic (exact) mass is 244 g/mol. The Balaban J connectivity index is 2.06. The van der Waals surface area contributed by atoms with E-state index in [2.05, 4.69) is 10.3 Å². The number of imidazole rings is 1. The van der Waals surface area contributed by atoms with E-state index in [0.29, 0.717) is 19.4 Å². The zero-order valence-corrected chi connectivity index (χ0v) is 10.0. The van der Waals surface area contributed by atoms with Gasteiger partial charge in [-0.05, 0) is 31.2 Å². The van der Waals surface area contributed by atoms with Gasteiger partial charge in [-0.25, -0.2) is 4.98 Å². The molecule has 1 amide bonds. The molecule has 0 saturated carbocycles. The Morgan fingerprint density at radius 1 is 1.44 bits per heavy atom.